The first kappa shape index (κ1) is 18.4. The Labute approximate surface area is 154 Å². The highest BCUT2D eigenvalue weighted by molar-refractivity contribution is 6.30. The van der Waals surface area contributed by atoms with E-state index in [1.807, 2.05) is 0 Å². The number of nitrogens with zero attached hydrogens (tertiary/aromatic N) is 1. The summed E-state index contributed by atoms with van der Waals surface area (Å²) < 4.78 is 19.0. The highest BCUT2D eigenvalue weighted by Gasteiger charge is 2.26. The summed E-state index contributed by atoms with van der Waals surface area (Å²) in [6.07, 6.45) is 4.01. The minimum absolute atomic E-state index is 0.0732. The number of rotatable bonds is 5. The lowest BCUT2D eigenvalue weighted by molar-refractivity contribution is -0.137. The van der Waals surface area contributed by atoms with E-state index in [1.165, 1.54) is 12.1 Å². The van der Waals surface area contributed by atoms with Crippen LogP contribution < -0.4 is 5.32 Å². The molecular formula is C18H18ClFN2O4. The maximum Gasteiger partial charge on any atom is 0.305 e. The summed E-state index contributed by atoms with van der Waals surface area (Å²) in [6.45, 7) is 0. The van der Waals surface area contributed by atoms with Crippen molar-refractivity contribution in [1.82, 2.24) is 10.5 Å². The molecule has 8 heteroatoms. The number of halogens is 2. The lowest BCUT2D eigenvalue weighted by Gasteiger charge is -2.17. The van der Waals surface area contributed by atoms with Gasteiger partial charge in [-0.2, -0.15) is 0 Å². The van der Waals surface area contributed by atoms with Crippen LogP contribution >= 0.6 is 11.6 Å². The average Bonchev–Trinajstić information content (AvgIpc) is 2.85. The normalized spacial score (nSPS) is 15.0. The van der Waals surface area contributed by atoms with Crippen molar-refractivity contribution in [2.45, 2.75) is 44.6 Å². The van der Waals surface area contributed by atoms with Gasteiger partial charge in [0.1, 0.15) is 11.6 Å². The molecule has 1 unspecified atom stereocenters. The molecular weight excluding hydrogens is 363 g/mol. The monoisotopic (exact) mass is 380 g/mol. The Morgan fingerprint density at radius 3 is 2.81 bits per heavy atom. The van der Waals surface area contributed by atoms with Crippen molar-refractivity contribution in [2.24, 2.45) is 0 Å². The minimum atomic E-state index is -1.12. The zero-order valence-corrected chi connectivity index (χ0v) is 14.7. The second-order valence-corrected chi connectivity index (χ2v) is 6.70. The number of carboxylic acids is 1. The van der Waals surface area contributed by atoms with E-state index in [4.69, 9.17) is 21.2 Å². The van der Waals surface area contributed by atoms with Crippen molar-refractivity contribution in [1.29, 1.82) is 0 Å². The molecule has 1 aliphatic rings. The third kappa shape index (κ3) is 4.04. The number of aliphatic carboxylic acids is 1. The number of hydrogen-bond donors (Lipinski definition) is 2. The molecule has 1 aromatic carbocycles. The fraction of sp³-hybridized carbons (Fsp3) is 0.389. The van der Waals surface area contributed by atoms with E-state index in [2.05, 4.69) is 10.5 Å². The number of fused-ring (bicyclic) bond motifs is 1. The molecule has 0 aliphatic heterocycles. The molecule has 2 N–H and O–H groups in total. The molecule has 3 rings (SSSR count). The van der Waals surface area contributed by atoms with E-state index < -0.39 is 30.2 Å². The Balaban J connectivity index is 1.85. The van der Waals surface area contributed by atoms with E-state index in [9.17, 15) is 14.0 Å². The number of carbonyl (C=O) groups excluding carboxylic acids is 1. The van der Waals surface area contributed by atoms with Gasteiger partial charge in [0.25, 0.3) is 5.91 Å². The second-order valence-electron chi connectivity index (χ2n) is 6.29. The number of carboxylic acid groups (broad SMARTS) is 1. The van der Waals surface area contributed by atoms with Gasteiger partial charge < -0.3 is 14.9 Å². The number of hydrogen-bond acceptors (Lipinski definition) is 4. The molecule has 1 aromatic heterocycles. The van der Waals surface area contributed by atoms with Crippen LogP contribution in [-0.2, 0) is 17.6 Å². The SMILES string of the molecule is O=C(O)CC(NC(=O)c1noc2c1CCCCC2)c1ccc(Cl)c(F)c1. The lowest BCUT2D eigenvalue weighted by Crippen LogP contribution is -2.31. The topological polar surface area (TPSA) is 92.4 Å². The Bertz CT molecular complexity index is 837. The zero-order valence-electron chi connectivity index (χ0n) is 13.9. The Morgan fingerprint density at radius 2 is 2.08 bits per heavy atom. The van der Waals surface area contributed by atoms with Crippen LogP contribution in [0, 0.1) is 5.82 Å². The second kappa shape index (κ2) is 7.86. The van der Waals surface area contributed by atoms with Gasteiger partial charge in [0.05, 0.1) is 17.5 Å². The van der Waals surface area contributed by atoms with E-state index in [0.717, 1.165) is 37.3 Å². The van der Waals surface area contributed by atoms with Crippen molar-refractivity contribution in [3.8, 4) is 0 Å². The predicted octanol–water partition coefficient (Wildman–Crippen LogP) is 3.68. The van der Waals surface area contributed by atoms with Crippen molar-refractivity contribution in [3.05, 3.63) is 51.6 Å². The predicted molar refractivity (Wildman–Crippen MR) is 91.6 cm³/mol. The quantitative estimate of drug-likeness (QED) is 0.772. The molecule has 1 aliphatic carbocycles. The first-order valence-electron chi connectivity index (χ1n) is 8.40. The maximum absolute atomic E-state index is 13.7. The van der Waals surface area contributed by atoms with E-state index in [0.29, 0.717) is 17.7 Å². The van der Waals surface area contributed by atoms with Crippen molar-refractivity contribution in [2.75, 3.05) is 0 Å². The summed E-state index contributed by atoms with van der Waals surface area (Å²) in [5.74, 6) is -1.62. The van der Waals surface area contributed by atoms with Gasteiger partial charge >= 0.3 is 5.97 Å². The van der Waals surface area contributed by atoms with Gasteiger partial charge in [-0.05, 0) is 37.0 Å². The highest BCUT2D eigenvalue weighted by Crippen LogP contribution is 2.26. The van der Waals surface area contributed by atoms with Gasteiger partial charge in [0.2, 0.25) is 0 Å². The average molecular weight is 381 g/mol. The number of nitrogens with one attached hydrogen (secondary N) is 1. The summed E-state index contributed by atoms with van der Waals surface area (Å²) in [5.41, 5.74) is 1.26. The zero-order chi connectivity index (χ0) is 18.7. The van der Waals surface area contributed by atoms with E-state index in [-0.39, 0.29) is 10.7 Å². The van der Waals surface area contributed by atoms with Gasteiger partial charge in [-0.1, -0.05) is 29.2 Å². The summed E-state index contributed by atoms with van der Waals surface area (Å²) in [6, 6.07) is 3.03. The first-order chi connectivity index (χ1) is 12.5. The van der Waals surface area contributed by atoms with Crippen LogP contribution in [0.3, 0.4) is 0 Å². The molecule has 2 aromatic rings. The molecule has 0 saturated heterocycles. The van der Waals surface area contributed by atoms with Crippen LogP contribution in [0.15, 0.2) is 22.7 Å². The van der Waals surface area contributed by atoms with Gasteiger partial charge in [0, 0.05) is 12.0 Å². The number of amides is 1. The van der Waals surface area contributed by atoms with Crippen molar-refractivity contribution < 1.29 is 23.6 Å². The molecule has 138 valence electrons. The third-order valence-corrected chi connectivity index (χ3v) is 4.75. The largest absolute Gasteiger partial charge is 0.481 e. The summed E-state index contributed by atoms with van der Waals surface area (Å²) in [7, 11) is 0. The van der Waals surface area contributed by atoms with Crippen LogP contribution in [0.4, 0.5) is 4.39 Å². The molecule has 0 spiro atoms. The first-order valence-corrected chi connectivity index (χ1v) is 8.78. The fourth-order valence-corrected chi connectivity index (χ4v) is 3.24. The number of aryl methyl sites for hydroxylation is 1. The molecule has 1 atom stereocenters. The molecule has 0 radical (unpaired) electrons. The summed E-state index contributed by atoms with van der Waals surface area (Å²) in [5, 5.41) is 15.6. The van der Waals surface area contributed by atoms with Crippen LogP contribution in [0.2, 0.25) is 5.02 Å². The van der Waals surface area contributed by atoms with Gasteiger partial charge in [-0.25, -0.2) is 4.39 Å². The Hall–Kier alpha value is -2.41. The number of benzene rings is 1. The van der Waals surface area contributed by atoms with Gasteiger partial charge in [0.15, 0.2) is 5.69 Å². The molecule has 1 amide bonds. The molecule has 0 bridgehead atoms. The van der Waals surface area contributed by atoms with Crippen LogP contribution in [0.5, 0.6) is 0 Å². The summed E-state index contributed by atoms with van der Waals surface area (Å²) in [4.78, 5) is 23.8. The highest BCUT2D eigenvalue weighted by atomic mass is 35.5. The number of carbonyl (C=O) groups is 2. The molecule has 6 nitrogen and oxygen atoms in total. The van der Waals surface area contributed by atoms with Crippen molar-refractivity contribution >= 4 is 23.5 Å². The summed E-state index contributed by atoms with van der Waals surface area (Å²) >= 11 is 5.67. The van der Waals surface area contributed by atoms with Gasteiger partial charge in [-0.15, -0.1) is 0 Å². The molecule has 0 saturated carbocycles. The maximum atomic E-state index is 13.7. The Kier molecular flexibility index (Phi) is 5.56. The van der Waals surface area contributed by atoms with Crippen LogP contribution in [0.25, 0.3) is 0 Å². The Morgan fingerprint density at radius 1 is 1.31 bits per heavy atom. The molecule has 26 heavy (non-hydrogen) atoms. The van der Waals surface area contributed by atoms with Crippen LogP contribution in [-0.4, -0.2) is 22.1 Å². The third-order valence-electron chi connectivity index (χ3n) is 4.45. The standard InChI is InChI=1S/C18H18ClFN2O4/c19-12-7-6-10(8-13(12)20)14(9-16(23)24)21-18(25)17-11-4-2-1-3-5-15(11)26-22-17/h6-8,14H,1-5,9H2,(H,21,25)(H,23,24). The number of aromatic nitrogens is 1. The molecule has 1 heterocycles. The van der Waals surface area contributed by atoms with Crippen LogP contribution in [0.1, 0.15) is 59.1 Å². The van der Waals surface area contributed by atoms with E-state index in [1.54, 1.807) is 0 Å². The lowest BCUT2D eigenvalue weighted by atomic mass is 10.0. The smallest absolute Gasteiger partial charge is 0.305 e. The molecule has 0 fully saturated rings. The van der Waals surface area contributed by atoms with Gasteiger partial charge in [-0.3, -0.25) is 9.59 Å². The minimum Gasteiger partial charge on any atom is -0.481 e. The van der Waals surface area contributed by atoms with Crippen molar-refractivity contribution in [3.63, 3.8) is 0 Å². The van der Waals surface area contributed by atoms with E-state index >= 15 is 0 Å². The fourth-order valence-electron chi connectivity index (χ4n) is 3.12.